The average molecular weight is 234 g/mol. The van der Waals surface area contributed by atoms with Gasteiger partial charge in [-0.1, -0.05) is 0 Å². The first-order chi connectivity index (χ1) is 8.38. The molecule has 17 heavy (non-hydrogen) atoms. The standard InChI is InChI=1S/C12H18N4O/c1-17-12-5-11(14-8-15-12)16-4-2-3-9-6-13-7-10(9)16/h5,8-10,13H,2-4,6-7H2,1H3. The molecule has 0 aliphatic carbocycles. The topological polar surface area (TPSA) is 50.3 Å². The quantitative estimate of drug-likeness (QED) is 0.815. The Balaban J connectivity index is 1.86. The van der Waals surface area contributed by atoms with Crippen LogP contribution in [0.3, 0.4) is 0 Å². The number of hydrogen-bond acceptors (Lipinski definition) is 5. The molecule has 92 valence electrons. The van der Waals surface area contributed by atoms with E-state index in [4.69, 9.17) is 4.74 Å². The highest BCUT2D eigenvalue weighted by atomic mass is 16.5. The molecule has 0 saturated carbocycles. The highest BCUT2D eigenvalue weighted by Gasteiger charge is 2.35. The molecular weight excluding hydrogens is 216 g/mol. The number of ether oxygens (including phenoxy) is 1. The van der Waals surface area contributed by atoms with Gasteiger partial charge in [0.25, 0.3) is 0 Å². The summed E-state index contributed by atoms with van der Waals surface area (Å²) in [6.45, 7) is 3.30. The summed E-state index contributed by atoms with van der Waals surface area (Å²) in [5, 5.41) is 3.48. The van der Waals surface area contributed by atoms with Gasteiger partial charge in [0.15, 0.2) is 0 Å². The molecule has 2 fully saturated rings. The second kappa shape index (κ2) is 4.49. The van der Waals surface area contributed by atoms with E-state index in [1.807, 2.05) is 6.07 Å². The van der Waals surface area contributed by atoms with Gasteiger partial charge in [-0.05, 0) is 18.8 Å². The molecule has 0 aromatic carbocycles. The van der Waals surface area contributed by atoms with Crippen molar-refractivity contribution >= 4 is 5.82 Å². The van der Waals surface area contributed by atoms with E-state index in [2.05, 4.69) is 20.2 Å². The molecule has 3 heterocycles. The van der Waals surface area contributed by atoms with E-state index in [9.17, 15) is 0 Å². The first-order valence-corrected chi connectivity index (χ1v) is 6.22. The van der Waals surface area contributed by atoms with E-state index in [-0.39, 0.29) is 0 Å². The van der Waals surface area contributed by atoms with Gasteiger partial charge in [0.1, 0.15) is 12.1 Å². The van der Waals surface area contributed by atoms with Gasteiger partial charge in [-0.15, -0.1) is 0 Å². The minimum absolute atomic E-state index is 0.586. The summed E-state index contributed by atoms with van der Waals surface area (Å²) in [7, 11) is 1.64. The third-order valence-corrected chi connectivity index (χ3v) is 3.81. The molecule has 0 spiro atoms. The molecule has 2 unspecified atom stereocenters. The number of nitrogens with one attached hydrogen (secondary N) is 1. The summed E-state index contributed by atoms with van der Waals surface area (Å²) in [5.74, 6) is 2.41. The maximum Gasteiger partial charge on any atom is 0.218 e. The molecule has 2 aliphatic rings. The van der Waals surface area contributed by atoms with Gasteiger partial charge < -0.3 is 15.0 Å². The number of nitrogens with zero attached hydrogens (tertiary/aromatic N) is 3. The van der Waals surface area contributed by atoms with Crippen LogP contribution in [-0.4, -0.2) is 42.8 Å². The Morgan fingerprint density at radius 1 is 1.41 bits per heavy atom. The molecule has 1 aromatic rings. The number of piperidine rings is 1. The van der Waals surface area contributed by atoms with Gasteiger partial charge in [0.05, 0.1) is 7.11 Å². The second-order valence-electron chi connectivity index (χ2n) is 4.74. The van der Waals surface area contributed by atoms with E-state index in [1.54, 1.807) is 13.4 Å². The molecule has 1 N–H and O–H groups in total. The highest BCUT2D eigenvalue weighted by Crippen LogP contribution is 2.30. The zero-order valence-electron chi connectivity index (χ0n) is 10.1. The molecule has 0 radical (unpaired) electrons. The number of methoxy groups -OCH3 is 1. The largest absolute Gasteiger partial charge is 0.481 e. The Labute approximate surface area is 101 Å². The van der Waals surface area contributed by atoms with Crippen LogP contribution in [0.4, 0.5) is 5.82 Å². The molecule has 5 heteroatoms. The van der Waals surface area contributed by atoms with Crippen molar-refractivity contribution in [1.29, 1.82) is 0 Å². The third-order valence-electron chi connectivity index (χ3n) is 3.81. The smallest absolute Gasteiger partial charge is 0.218 e. The predicted octanol–water partition coefficient (Wildman–Crippen LogP) is 0.673. The van der Waals surface area contributed by atoms with Crippen LogP contribution in [0.25, 0.3) is 0 Å². The van der Waals surface area contributed by atoms with E-state index in [0.717, 1.165) is 31.4 Å². The average Bonchev–Trinajstić information content (AvgIpc) is 2.87. The van der Waals surface area contributed by atoms with Crippen molar-refractivity contribution in [2.45, 2.75) is 18.9 Å². The fourth-order valence-electron chi connectivity index (χ4n) is 2.95. The van der Waals surface area contributed by atoms with Gasteiger partial charge >= 0.3 is 0 Å². The number of aromatic nitrogens is 2. The van der Waals surface area contributed by atoms with Gasteiger partial charge in [0, 0.05) is 31.7 Å². The van der Waals surface area contributed by atoms with Crippen LogP contribution >= 0.6 is 0 Å². The number of rotatable bonds is 2. The van der Waals surface area contributed by atoms with E-state index >= 15 is 0 Å². The normalized spacial score (nSPS) is 27.9. The van der Waals surface area contributed by atoms with Crippen LogP contribution in [0.1, 0.15) is 12.8 Å². The SMILES string of the molecule is COc1cc(N2CCCC3CNCC32)ncn1. The maximum atomic E-state index is 5.16. The maximum absolute atomic E-state index is 5.16. The van der Waals surface area contributed by atoms with Crippen molar-refractivity contribution in [2.24, 2.45) is 5.92 Å². The van der Waals surface area contributed by atoms with Crippen molar-refractivity contribution in [3.63, 3.8) is 0 Å². The summed E-state index contributed by atoms with van der Waals surface area (Å²) in [4.78, 5) is 10.8. The first-order valence-electron chi connectivity index (χ1n) is 6.22. The molecule has 0 bridgehead atoms. The van der Waals surface area contributed by atoms with E-state index in [1.165, 1.54) is 12.8 Å². The van der Waals surface area contributed by atoms with Crippen LogP contribution in [0.2, 0.25) is 0 Å². The van der Waals surface area contributed by atoms with Crippen molar-refractivity contribution in [3.8, 4) is 5.88 Å². The van der Waals surface area contributed by atoms with Gasteiger partial charge in [-0.2, -0.15) is 0 Å². The highest BCUT2D eigenvalue weighted by molar-refractivity contribution is 5.43. The lowest BCUT2D eigenvalue weighted by Gasteiger charge is -2.37. The summed E-state index contributed by atoms with van der Waals surface area (Å²) in [6, 6.07) is 2.52. The van der Waals surface area contributed by atoms with Gasteiger partial charge in [0.2, 0.25) is 5.88 Å². The Bertz CT molecular complexity index is 398. The molecule has 1 aromatic heterocycles. The molecule has 2 aliphatic heterocycles. The second-order valence-corrected chi connectivity index (χ2v) is 4.74. The fraction of sp³-hybridized carbons (Fsp3) is 0.667. The summed E-state index contributed by atoms with van der Waals surface area (Å²) in [6.07, 6.45) is 4.16. The first kappa shape index (κ1) is 10.8. The van der Waals surface area contributed by atoms with Crippen molar-refractivity contribution in [2.75, 3.05) is 31.6 Å². The zero-order chi connectivity index (χ0) is 11.7. The molecule has 5 nitrogen and oxygen atoms in total. The summed E-state index contributed by atoms with van der Waals surface area (Å²) >= 11 is 0. The van der Waals surface area contributed by atoms with Crippen LogP contribution in [0.15, 0.2) is 12.4 Å². The fourth-order valence-corrected chi connectivity index (χ4v) is 2.95. The minimum atomic E-state index is 0.586. The molecule has 2 saturated heterocycles. The van der Waals surface area contributed by atoms with E-state index in [0.29, 0.717) is 11.9 Å². The Kier molecular flexibility index (Phi) is 2.84. The van der Waals surface area contributed by atoms with Gasteiger partial charge in [-0.25, -0.2) is 9.97 Å². The van der Waals surface area contributed by atoms with Crippen LogP contribution in [0, 0.1) is 5.92 Å². The Morgan fingerprint density at radius 2 is 2.35 bits per heavy atom. The summed E-state index contributed by atoms with van der Waals surface area (Å²) < 4.78 is 5.16. The van der Waals surface area contributed by atoms with Crippen molar-refractivity contribution < 1.29 is 4.74 Å². The molecule has 2 atom stereocenters. The number of hydrogen-bond donors (Lipinski definition) is 1. The number of fused-ring (bicyclic) bond motifs is 1. The van der Waals surface area contributed by atoms with Crippen LogP contribution in [-0.2, 0) is 0 Å². The Hall–Kier alpha value is -1.36. The lowest BCUT2D eigenvalue weighted by atomic mass is 9.92. The van der Waals surface area contributed by atoms with Crippen molar-refractivity contribution in [1.82, 2.24) is 15.3 Å². The summed E-state index contributed by atoms with van der Waals surface area (Å²) in [5.41, 5.74) is 0. The van der Waals surface area contributed by atoms with Crippen LogP contribution < -0.4 is 15.0 Å². The molecular formula is C12H18N4O. The predicted molar refractivity (Wildman–Crippen MR) is 65.3 cm³/mol. The monoisotopic (exact) mass is 234 g/mol. The third kappa shape index (κ3) is 1.95. The van der Waals surface area contributed by atoms with E-state index < -0.39 is 0 Å². The molecule has 0 amide bonds. The lowest BCUT2D eigenvalue weighted by Crippen LogP contribution is -2.45. The van der Waals surface area contributed by atoms with Crippen LogP contribution in [0.5, 0.6) is 5.88 Å². The lowest BCUT2D eigenvalue weighted by molar-refractivity contribution is 0.378. The van der Waals surface area contributed by atoms with Crippen molar-refractivity contribution in [3.05, 3.63) is 12.4 Å². The Morgan fingerprint density at radius 3 is 3.24 bits per heavy atom. The zero-order valence-corrected chi connectivity index (χ0v) is 10.1. The molecule has 3 rings (SSSR count). The van der Waals surface area contributed by atoms with Gasteiger partial charge in [-0.3, -0.25) is 0 Å². The number of anilines is 1. The minimum Gasteiger partial charge on any atom is -0.481 e.